The summed E-state index contributed by atoms with van der Waals surface area (Å²) in [5.74, 6) is -0.240. The van der Waals surface area contributed by atoms with Gasteiger partial charge in [0, 0.05) is 6.04 Å². The summed E-state index contributed by atoms with van der Waals surface area (Å²) in [4.78, 5) is 38.4. The smallest absolute Gasteiger partial charge is 0.343 e. The predicted molar refractivity (Wildman–Crippen MR) is 105 cm³/mol. The van der Waals surface area contributed by atoms with Crippen LogP contribution in [0, 0.1) is 17.2 Å². The van der Waals surface area contributed by atoms with Crippen LogP contribution in [0.3, 0.4) is 0 Å². The first kappa shape index (κ1) is 22.8. The summed E-state index contributed by atoms with van der Waals surface area (Å²) in [6.45, 7) is 8.05. The molecule has 0 aliphatic carbocycles. The van der Waals surface area contributed by atoms with E-state index in [1.54, 1.807) is 6.92 Å². The lowest BCUT2D eigenvalue weighted by Gasteiger charge is -2.14. The summed E-state index contributed by atoms with van der Waals surface area (Å²) in [5, 5.41) is 12.4. The van der Waals surface area contributed by atoms with E-state index in [1.807, 2.05) is 13.0 Å². The van der Waals surface area contributed by atoms with Crippen molar-refractivity contribution in [3.63, 3.8) is 0 Å². The standard InChI is InChI=1S/C19H27N3O4S/c1-5-26-19(25)15-9-14(10-20)18(22-17(15)24)27-11-16(23)21-13(4)8-6-7-12(2)3/h9,12-13H,5-8,11H2,1-4H3,(H,21,23)(H,22,24)/t13-/m0/s1. The number of amides is 1. The van der Waals surface area contributed by atoms with E-state index in [1.165, 1.54) is 6.07 Å². The topological polar surface area (TPSA) is 112 Å². The van der Waals surface area contributed by atoms with Gasteiger partial charge >= 0.3 is 5.97 Å². The highest BCUT2D eigenvalue weighted by Gasteiger charge is 2.17. The minimum atomic E-state index is -0.778. The summed E-state index contributed by atoms with van der Waals surface area (Å²) in [5.41, 5.74) is -0.737. The molecule has 0 aliphatic rings. The zero-order valence-electron chi connectivity index (χ0n) is 16.3. The molecule has 0 fully saturated rings. The molecule has 7 nitrogen and oxygen atoms in total. The maximum Gasteiger partial charge on any atom is 0.343 e. The van der Waals surface area contributed by atoms with Crippen LogP contribution >= 0.6 is 11.8 Å². The van der Waals surface area contributed by atoms with Crippen LogP contribution in [-0.4, -0.2) is 35.3 Å². The number of H-pyrrole nitrogens is 1. The van der Waals surface area contributed by atoms with Crippen molar-refractivity contribution in [3.8, 4) is 6.07 Å². The van der Waals surface area contributed by atoms with Crippen molar-refractivity contribution >= 4 is 23.6 Å². The van der Waals surface area contributed by atoms with Crippen LogP contribution < -0.4 is 10.9 Å². The van der Waals surface area contributed by atoms with E-state index < -0.39 is 11.5 Å². The second-order valence-electron chi connectivity index (χ2n) is 6.67. The van der Waals surface area contributed by atoms with E-state index in [4.69, 9.17) is 4.74 Å². The molecule has 27 heavy (non-hydrogen) atoms. The van der Waals surface area contributed by atoms with Crippen LogP contribution in [0.4, 0.5) is 0 Å². The first-order valence-electron chi connectivity index (χ1n) is 9.05. The lowest BCUT2D eigenvalue weighted by Crippen LogP contribution is -2.34. The molecule has 0 radical (unpaired) electrons. The molecule has 1 rings (SSSR count). The Morgan fingerprint density at radius 3 is 2.63 bits per heavy atom. The monoisotopic (exact) mass is 393 g/mol. The number of nitriles is 1. The van der Waals surface area contributed by atoms with Crippen molar-refractivity contribution in [2.24, 2.45) is 5.92 Å². The molecule has 0 saturated carbocycles. The number of aromatic amines is 1. The summed E-state index contributed by atoms with van der Waals surface area (Å²) in [6, 6.07) is 3.20. The van der Waals surface area contributed by atoms with Gasteiger partial charge in [0.15, 0.2) is 0 Å². The molecule has 1 aromatic rings. The minimum Gasteiger partial charge on any atom is -0.462 e. The summed E-state index contributed by atoms with van der Waals surface area (Å²) in [7, 11) is 0. The van der Waals surface area contributed by atoms with Gasteiger partial charge < -0.3 is 15.0 Å². The third kappa shape index (κ3) is 7.87. The SMILES string of the molecule is CCOC(=O)c1cc(C#N)c(SCC(=O)N[C@@H](C)CCCC(C)C)[nH]c1=O. The summed E-state index contributed by atoms with van der Waals surface area (Å²) < 4.78 is 4.80. The minimum absolute atomic E-state index is 0.0672. The van der Waals surface area contributed by atoms with E-state index >= 15 is 0 Å². The molecule has 1 amide bonds. The van der Waals surface area contributed by atoms with Crippen molar-refractivity contribution in [1.29, 1.82) is 5.26 Å². The lowest BCUT2D eigenvalue weighted by atomic mass is 10.0. The van der Waals surface area contributed by atoms with Gasteiger partial charge in [-0.1, -0.05) is 38.5 Å². The number of nitrogens with zero attached hydrogens (tertiary/aromatic N) is 1. The van der Waals surface area contributed by atoms with Crippen molar-refractivity contribution in [1.82, 2.24) is 10.3 Å². The Labute approximate surface area is 163 Å². The number of carbonyl (C=O) groups is 2. The zero-order chi connectivity index (χ0) is 20.4. The van der Waals surface area contributed by atoms with Crippen LogP contribution in [-0.2, 0) is 9.53 Å². The largest absolute Gasteiger partial charge is 0.462 e. The Balaban J connectivity index is 2.67. The lowest BCUT2D eigenvalue weighted by molar-refractivity contribution is -0.119. The Bertz CT molecular complexity index is 752. The van der Waals surface area contributed by atoms with Crippen molar-refractivity contribution < 1.29 is 14.3 Å². The number of carbonyl (C=O) groups excluding carboxylic acids is 2. The van der Waals surface area contributed by atoms with Crippen LogP contribution in [0.5, 0.6) is 0 Å². The maximum atomic E-state index is 12.1. The highest BCUT2D eigenvalue weighted by Crippen LogP contribution is 2.19. The number of ether oxygens (including phenoxy) is 1. The Morgan fingerprint density at radius 2 is 2.04 bits per heavy atom. The van der Waals surface area contributed by atoms with E-state index in [2.05, 4.69) is 24.1 Å². The molecule has 1 aromatic heterocycles. The molecular weight excluding hydrogens is 366 g/mol. The molecule has 0 saturated heterocycles. The molecule has 0 unspecified atom stereocenters. The van der Waals surface area contributed by atoms with Gasteiger partial charge in [-0.05, 0) is 32.3 Å². The van der Waals surface area contributed by atoms with Crippen molar-refractivity contribution in [2.45, 2.75) is 58.0 Å². The molecular formula is C19H27N3O4S. The third-order valence-electron chi connectivity index (χ3n) is 3.79. The molecule has 1 atom stereocenters. The Kier molecular flexibility index (Phi) is 9.65. The van der Waals surface area contributed by atoms with E-state index in [-0.39, 0.29) is 40.5 Å². The van der Waals surface area contributed by atoms with E-state index in [9.17, 15) is 19.6 Å². The van der Waals surface area contributed by atoms with Gasteiger partial charge in [0.05, 0.1) is 22.9 Å². The van der Waals surface area contributed by atoms with Gasteiger partial charge in [0.1, 0.15) is 11.6 Å². The van der Waals surface area contributed by atoms with Gasteiger partial charge in [0.2, 0.25) is 5.91 Å². The second-order valence-corrected chi connectivity index (χ2v) is 7.65. The molecule has 148 valence electrons. The molecule has 0 aromatic carbocycles. The van der Waals surface area contributed by atoms with Crippen LogP contribution in [0.1, 0.15) is 62.9 Å². The molecule has 1 heterocycles. The van der Waals surface area contributed by atoms with Gasteiger partial charge in [-0.2, -0.15) is 5.26 Å². The first-order valence-corrected chi connectivity index (χ1v) is 10.0. The maximum absolute atomic E-state index is 12.1. The summed E-state index contributed by atoms with van der Waals surface area (Å²) in [6.07, 6.45) is 3.07. The molecule has 0 spiro atoms. The molecule has 0 bridgehead atoms. The van der Waals surface area contributed by atoms with Crippen LogP contribution in [0.25, 0.3) is 0 Å². The normalized spacial score (nSPS) is 11.7. The number of esters is 1. The van der Waals surface area contributed by atoms with Gasteiger partial charge in [-0.25, -0.2) is 4.79 Å². The van der Waals surface area contributed by atoms with E-state index in [0.717, 1.165) is 31.0 Å². The number of hydrogen-bond acceptors (Lipinski definition) is 6. The molecule has 0 aliphatic heterocycles. The number of rotatable bonds is 10. The molecule has 8 heteroatoms. The van der Waals surface area contributed by atoms with Crippen LogP contribution in [0.15, 0.2) is 15.9 Å². The van der Waals surface area contributed by atoms with Gasteiger partial charge in [-0.3, -0.25) is 9.59 Å². The number of nitrogens with one attached hydrogen (secondary N) is 2. The third-order valence-corrected chi connectivity index (χ3v) is 4.81. The van der Waals surface area contributed by atoms with Gasteiger partial charge in [-0.15, -0.1) is 0 Å². The quantitative estimate of drug-likeness (QED) is 0.467. The first-order chi connectivity index (χ1) is 12.8. The number of pyridine rings is 1. The highest BCUT2D eigenvalue weighted by molar-refractivity contribution is 8.00. The fraction of sp³-hybridized carbons (Fsp3) is 0.579. The Morgan fingerprint density at radius 1 is 1.33 bits per heavy atom. The second kappa shape index (κ2) is 11.4. The number of thioether (sulfide) groups is 1. The van der Waals surface area contributed by atoms with Crippen molar-refractivity contribution in [2.75, 3.05) is 12.4 Å². The Hall–Kier alpha value is -2.27. The molecule has 2 N–H and O–H groups in total. The number of hydrogen-bond donors (Lipinski definition) is 2. The van der Waals surface area contributed by atoms with E-state index in [0.29, 0.717) is 5.92 Å². The zero-order valence-corrected chi connectivity index (χ0v) is 17.1. The predicted octanol–water partition coefficient (Wildman–Crippen LogP) is 2.85. The fourth-order valence-corrected chi connectivity index (χ4v) is 3.21. The fourth-order valence-electron chi connectivity index (χ4n) is 2.43. The number of aromatic nitrogens is 1. The average molecular weight is 394 g/mol. The van der Waals surface area contributed by atoms with Gasteiger partial charge in [0.25, 0.3) is 5.56 Å². The van der Waals surface area contributed by atoms with Crippen molar-refractivity contribution in [3.05, 3.63) is 27.5 Å². The van der Waals surface area contributed by atoms with Crippen LogP contribution in [0.2, 0.25) is 0 Å². The summed E-state index contributed by atoms with van der Waals surface area (Å²) >= 11 is 1.06. The highest BCUT2D eigenvalue weighted by atomic mass is 32.2. The average Bonchev–Trinajstić information content (AvgIpc) is 2.59.